The molecule has 60 valence electrons. The Balaban J connectivity index is 2.28. The Morgan fingerprint density at radius 1 is 1.09 bits per heavy atom. The third kappa shape index (κ3) is 3.25. The summed E-state index contributed by atoms with van der Waals surface area (Å²) in [5.41, 5.74) is 1.12. The maximum absolute atomic E-state index is 5.28. The summed E-state index contributed by atoms with van der Waals surface area (Å²) in [6.45, 7) is 1.60. The summed E-state index contributed by atoms with van der Waals surface area (Å²) >= 11 is 5.28. The molecule has 0 radical (unpaired) electrons. The van der Waals surface area contributed by atoms with Crippen LogP contribution in [0.5, 0.6) is 0 Å². The number of hydrogen-bond donors (Lipinski definition) is 2. The molecule has 2 N–H and O–H groups in total. The van der Waals surface area contributed by atoms with E-state index in [1.807, 2.05) is 30.3 Å². The lowest BCUT2D eigenvalue weighted by Gasteiger charge is -2.03. The van der Waals surface area contributed by atoms with Crippen molar-refractivity contribution in [1.82, 2.24) is 4.84 Å². The number of hydrogen-bond acceptors (Lipinski definition) is 2. The zero-order valence-electron chi connectivity index (χ0n) is 6.18. The van der Waals surface area contributed by atoms with Crippen LogP contribution >= 0.6 is 11.8 Å². The van der Waals surface area contributed by atoms with Gasteiger partial charge in [0.2, 0.25) is 0 Å². The number of para-hydroxylation sites is 1. The SMILES string of the molecule is ClNCCNc1ccccc1. The Hall–Kier alpha value is -0.730. The van der Waals surface area contributed by atoms with Crippen LogP contribution < -0.4 is 10.2 Å². The molecule has 0 fully saturated rings. The molecule has 0 saturated carbocycles. The van der Waals surface area contributed by atoms with Crippen molar-refractivity contribution in [1.29, 1.82) is 0 Å². The van der Waals surface area contributed by atoms with Crippen molar-refractivity contribution in [2.75, 3.05) is 18.4 Å². The maximum atomic E-state index is 5.28. The highest BCUT2D eigenvalue weighted by atomic mass is 35.5. The molecule has 0 heterocycles. The Labute approximate surface area is 71.7 Å². The molecule has 0 atom stereocenters. The van der Waals surface area contributed by atoms with Crippen molar-refractivity contribution in [2.24, 2.45) is 0 Å². The number of rotatable bonds is 4. The van der Waals surface area contributed by atoms with Crippen LogP contribution in [-0.2, 0) is 0 Å². The minimum Gasteiger partial charge on any atom is -0.384 e. The van der Waals surface area contributed by atoms with Gasteiger partial charge in [0.15, 0.2) is 0 Å². The van der Waals surface area contributed by atoms with Gasteiger partial charge >= 0.3 is 0 Å². The van der Waals surface area contributed by atoms with Crippen molar-refractivity contribution in [3.8, 4) is 0 Å². The van der Waals surface area contributed by atoms with Gasteiger partial charge in [-0.2, -0.15) is 0 Å². The first-order valence-corrected chi connectivity index (χ1v) is 3.93. The molecule has 1 aromatic carbocycles. The zero-order chi connectivity index (χ0) is 7.94. The fourth-order valence-corrected chi connectivity index (χ4v) is 0.905. The number of nitrogens with one attached hydrogen (secondary N) is 2. The summed E-state index contributed by atoms with van der Waals surface area (Å²) < 4.78 is 0. The number of halogens is 1. The summed E-state index contributed by atoms with van der Waals surface area (Å²) in [6, 6.07) is 10.0. The highest BCUT2D eigenvalue weighted by Gasteiger charge is 1.86. The van der Waals surface area contributed by atoms with Crippen LogP contribution in [0.3, 0.4) is 0 Å². The summed E-state index contributed by atoms with van der Waals surface area (Å²) in [5, 5.41) is 3.20. The molecule has 0 spiro atoms. The van der Waals surface area contributed by atoms with Gasteiger partial charge in [-0.05, 0) is 23.9 Å². The number of benzene rings is 1. The summed E-state index contributed by atoms with van der Waals surface area (Å²) in [7, 11) is 0. The standard InChI is InChI=1S/C8H11ClN2/c9-11-7-6-10-8-4-2-1-3-5-8/h1-5,10-11H,6-7H2. The zero-order valence-corrected chi connectivity index (χ0v) is 6.93. The molecular formula is C8H11ClN2. The molecule has 0 aromatic heterocycles. The monoisotopic (exact) mass is 170 g/mol. The largest absolute Gasteiger partial charge is 0.384 e. The molecule has 0 aliphatic rings. The average molecular weight is 171 g/mol. The van der Waals surface area contributed by atoms with Gasteiger partial charge in [0.25, 0.3) is 0 Å². The third-order valence-electron chi connectivity index (χ3n) is 1.32. The van der Waals surface area contributed by atoms with Crippen molar-refractivity contribution in [3.63, 3.8) is 0 Å². The van der Waals surface area contributed by atoms with Gasteiger partial charge in [-0.1, -0.05) is 18.2 Å². The van der Waals surface area contributed by atoms with Crippen LogP contribution in [0.15, 0.2) is 30.3 Å². The molecule has 3 heteroatoms. The van der Waals surface area contributed by atoms with E-state index in [9.17, 15) is 0 Å². The topological polar surface area (TPSA) is 24.1 Å². The van der Waals surface area contributed by atoms with Gasteiger partial charge in [0.05, 0.1) is 0 Å². The van der Waals surface area contributed by atoms with E-state index in [1.165, 1.54) is 0 Å². The smallest absolute Gasteiger partial charge is 0.0340 e. The lowest BCUT2D eigenvalue weighted by Crippen LogP contribution is -2.13. The molecule has 0 saturated heterocycles. The van der Waals surface area contributed by atoms with E-state index in [0.29, 0.717) is 0 Å². The van der Waals surface area contributed by atoms with E-state index >= 15 is 0 Å². The quantitative estimate of drug-likeness (QED) is 0.532. The Bertz CT molecular complexity index is 189. The second kappa shape index (κ2) is 4.99. The van der Waals surface area contributed by atoms with Crippen LogP contribution in [0.1, 0.15) is 0 Å². The first kappa shape index (κ1) is 8.37. The Morgan fingerprint density at radius 2 is 1.82 bits per heavy atom. The molecule has 11 heavy (non-hydrogen) atoms. The van der Waals surface area contributed by atoms with Gasteiger partial charge in [-0.25, -0.2) is 4.84 Å². The minimum atomic E-state index is 0.760. The molecule has 1 rings (SSSR count). The van der Waals surface area contributed by atoms with Crippen LogP contribution in [-0.4, -0.2) is 13.1 Å². The van der Waals surface area contributed by atoms with E-state index in [0.717, 1.165) is 18.8 Å². The average Bonchev–Trinajstić information content (AvgIpc) is 2.07. The van der Waals surface area contributed by atoms with Crippen LogP contribution in [0, 0.1) is 0 Å². The van der Waals surface area contributed by atoms with Gasteiger partial charge in [0.1, 0.15) is 0 Å². The lowest BCUT2D eigenvalue weighted by atomic mass is 10.3. The normalized spacial score (nSPS) is 9.55. The fourth-order valence-electron chi connectivity index (χ4n) is 0.810. The summed E-state index contributed by atoms with van der Waals surface area (Å²) in [4.78, 5) is 2.55. The number of anilines is 1. The molecule has 0 amide bonds. The predicted molar refractivity (Wildman–Crippen MR) is 48.8 cm³/mol. The van der Waals surface area contributed by atoms with Crippen molar-refractivity contribution >= 4 is 17.5 Å². The van der Waals surface area contributed by atoms with Gasteiger partial charge < -0.3 is 5.32 Å². The fraction of sp³-hybridized carbons (Fsp3) is 0.250. The molecular weight excluding hydrogens is 160 g/mol. The van der Waals surface area contributed by atoms with Crippen molar-refractivity contribution in [3.05, 3.63) is 30.3 Å². The van der Waals surface area contributed by atoms with Crippen LogP contribution in [0.2, 0.25) is 0 Å². The third-order valence-corrected chi connectivity index (χ3v) is 1.51. The first-order chi connectivity index (χ1) is 5.43. The van der Waals surface area contributed by atoms with E-state index in [1.54, 1.807) is 0 Å². The second-order valence-electron chi connectivity index (χ2n) is 2.18. The van der Waals surface area contributed by atoms with Crippen molar-refractivity contribution < 1.29 is 0 Å². The summed E-state index contributed by atoms with van der Waals surface area (Å²) in [5.74, 6) is 0. The van der Waals surface area contributed by atoms with E-state index < -0.39 is 0 Å². The van der Waals surface area contributed by atoms with Crippen LogP contribution in [0.4, 0.5) is 5.69 Å². The first-order valence-electron chi connectivity index (χ1n) is 3.56. The Morgan fingerprint density at radius 3 is 2.45 bits per heavy atom. The summed E-state index contributed by atoms with van der Waals surface area (Å²) in [6.07, 6.45) is 0. The highest BCUT2D eigenvalue weighted by molar-refractivity contribution is 6.13. The molecule has 0 bridgehead atoms. The molecule has 1 aromatic rings. The van der Waals surface area contributed by atoms with Gasteiger partial charge in [-0.15, -0.1) is 0 Å². The Kier molecular flexibility index (Phi) is 3.80. The van der Waals surface area contributed by atoms with E-state index in [4.69, 9.17) is 11.8 Å². The minimum absolute atomic E-state index is 0.760. The van der Waals surface area contributed by atoms with Crippen LogP contribution in [0.25, 0.3) is 0 Å². The van der Waals surface area contributed by atoms with E-state index in [-0.39, 0.29) is 0 Å². The highest BCUT2D eigenvalue weighted by Crippen LogP contribution is 2.03. The lowest BCUT2D eigenvalue weighted by molar-refractivity contribution is 0.946. The van der Waals surface area contributed by atoms with Crippen molar-refractivity contribution in [2.45, 2.75) is 0 Å². The molecule has 2 nitrogen and oxygen atoms in total. The maximum Gasteiger partial charge on any atom is 0.0340 e. The van der Waals surface area contributed by atoms with Gasteiger partial charge in [0, 0.05) is 18.8 Å². The molecule has 0 aliphatic heterocycles. The second-order valence-corrected chi connectivity index (χ2v) is 2.44. The predicted octanol–water partition coefficient (Wildman–Crippen LogP) is 1.84. The molecule has 0 aliphatic carbocycles. The molecule has 0 unspecified atom stereocenters. The van der Waals surface area contributed by atoms with Gasteiger partial charge in [-0.3, -0.25) is 0 Å². The van der Waals surface area contributed by atoms with E-state index in [2.05, 4.69) is 10.2 Å².